The Hall–Kier alpha value is -3.88. The Morgan fingerprint density at radius 2 is 2.10 bits per heavy atom. The van der Waals surface area contributed by atoms with Crippen LogP contribution in [-0.4, -0.2) is 32.6 Å². The van der Waals surface area contributed by atoms with Crippen molar-refractivity contribution in [2.45, 2.75) is 25.3 Å². The SMILES string of the molecule is Nc1cccc(Cc2cc(NC3CC3)n3ncc(/C=C4\NC(=O)NC4=O)c3n2)c1. The third-order valence-electron chi connectivity index (χ3n) is 4.84. The zero-order valence-corrected chi connectivity index (χ0v) is 15.5. The van der Waals surface area contributed by atoms with Gasteiger partial charge in [0.2, 0.25) is 0 Å². The van der Waals surface area contributed by atoms with E-state index in [1.807, 2.05) is 30.3 Å². The third-order valence-corrected chi connectivity index (χ3v) is 4.84. The number of aromatic nitrogens is 3. The topological polar surface area (TPSA) is 126 Å². The van der Waals surface area contributed by atoms with Crippen LogP contribution in [0.3, 0.4) is 0 Å². The molecule has 9 heteroatoms. The van der Waals surface area contributed by atoms with Crippen molar-refractivity contribution in [2.24, 2.45) is 0 Å². The van der Waals surface area contributed by atoms with Gasteiger partial charge in [-0.25, -0.2) is 9.78 Å². The van der Waals surface area contributed by atoms with E-state index in [1.54, 1.807) is 16.8 Å². The monoisotopic (exact) mass is 389 g/mol. The van der Waals surface area contributed by atoms with Gasteiger partial charge in [0.15, 0.2) is 5.65 Å². The van der Waals surface area contributed by atoms with Crippen LogP contribution in [-0.2, 0) is 11.2 Å². The van der Waals surface area contributed by atoms with E-state index >= 15 is 0 Å². The van der Waals surface area contributed by atoms with Crippen LogP contribution < -0.4 is 21.7 Å². The summed E-state index contributed by atoms with van der Waals surface area (Å²) in [4.78, 5) is 28.0. The van der Waals surface area contributed by atoms with Crippen molar-refractivity contribution in [2.75, 3.05) is 11.1 Å². The Kier molecular flexibility index (Phi) is 3.94. The summed E-state index contributed by atoms with van der Waals surface area (Å²) in [5, 5.41) is 12.6. The molecule has 1 aliphatic heterocycles. The fraction of sp³-hybridized carbons (Fsp3) is 0.200. The van der Waals surface area contributed by atoms with E-state index < -0.39 is 11.9 Å². The van der Waals surface area contributed by atoms with Gasteiger partial charge in [-0.3, -0.25) is 10.1 Å². The lowest BCUT2D eigenvalue weighted by molar-refractivity contribution is -0.115. The quantitative estimate of drug-likeness (QED) is 0.299. The standard InChI is InChI=1S/C20H19N7O2/c21-13-3-1-2-11(6-13)7-15-9-17(23-14-4-5-14)27-18(24-15)12(10-22-27)8-16-19(28)26-20(29)25-16/h1-3,6,8-10,14,23H,4-5,7,21H2,(H2,25,26,28,29)/b16-8-. The van der Waals surface area contributed by atoms with Crippen molar-refractivity contribution in [1.29, 1.82) is 0 Å². The van der Waals surface area contributed by atoms with Crippen molar-refractivity contribution in [3.05, 3.63) is 59.0 Å². The maximum atomic E-state index is 11.9. The van der Waals surface area contributed by atoms with Crippen LogP contribution in [0.25, 0.3) is 11.7 Å². The first-order valence-electron chi connectivity index (χ1n) is 9.38. The third kappa shape index (κ3) is 3.49. The van der Waals surface area contributed by atoms with E-state index in [4.69, 9.17) is 10.7 Å². The van der Waals surface area contributed by atoms with Crippen LogP contribution in [0.1, 0.15) is 29.7 Å². The maximum Gasteiger partial charge on any atom is 0.326 e. The largest absolute Gasteiger partial charge is 0.399 e. The second kappa shape index (κ2) is 6.62. The number of nitrogens with one attached hydrogen (secondary N) is 3. The van der Waals surface area contributed by atoms with Crippen LogP contribution in [0, 0.1) is 0 Å². The molecule has 2 fully saturated rings. The highest BCUT2D eigenvalue weighted by Crippen LogP contribution is 2.27. The number of fused-ring (bicyclic) bond motifs is 1. The van der Waals surface area contributed by atoms with Crippen LogP contribution >= 0.6 is 0 Å². The van der Waals surface area contributed by atoms with E-state index in [0.29, 0.717) is 29.4 Å². The first-order chi connectivity index (χ1) is 14.0. The van der Waals surface area contributed by atoms with Crippen molar-refractivity contribution < 1.29 is 9.59 Å². The fourth-order valence-electron chi connectivity index (χ4n) is 3.31. The van der Waals surface area contributed by atoms with E-state index in [2.05, 4.69) is 21.0 Å². The van der Waals surface area contributed by atoms with Gasteiger partial charge in [0.1, 0.15) is 11.5 Å². The fourth-order valence-corrected chi connectivity index (χ4v) is 3.31. The minimum Gasteiger partial charge on any atom is -0.399 e. The number of carbonyl (C=O) groups excluding carboxylic acids is 2. The number of urea groups is 1. The normalized spacial score (nSPS) is 17.6. The van der Waals surface area contributed by atoms with Gasteiger partial charge < -0.3 is 16.4 Å². The lowest BCUT2D eigenvalue weighted by atomic mass is 10.1. The van der Waals surface area contributed by atoms with Crippen LogP contribution in [0.4, 0.5) is 16.3 Å². The molecule has 1 aliphatic carbocycles. The minimum absolute atomic E-state index is 0.171. The van der Waals surface area contributed by atoms with Gasteiger partial charge in [0, 0.05) is 29.8 Å². The minimum atomic E-state index is -0.538. The number of rotatable bonds is 5. The summed E-state index contributed by atoms with van der Waals surface area (Å²) in [5.74, 6) is 0.377. The lowest BCUT2D eigenvalue weighted by Crippen LogP contribution is -2.22. The Morgan fingerprint density at radius 3 is 2.83 bits per heavy atom. The van der Waals surface area contributed by atoms with Gasteiger partial charge in [-0.15, -0.1) is 0 Å². The molecule has 0 bridgehead atoms. The van der Waals surface area contributed by atoms with E-state index in [1.165, 1.54) is 0 Å². The van der Waals surface area contributed by atoms with Gasteiger partial charge in [-0.05, 0) is 36.6 Å². The highest BCUT2D eigenvalue weighted by atomic mass is 16.2. The van der Waals surface area contributed by atoms with Crippen LogP contribution in [0.2, 0.25) is 0 Å². The second-order valence-corrected chi connectivity index (χ2v) is 7.27. The van der Waals surface area contributed by atoms with Gasteiger partial charge in [0.05, 0.1) is 11.9 Å². The van der Waals surface area contributed by atoms with E-state index in [-0.39, 0.29) is 5.70 Å². The molecule has 3 aromatic rings. The molecule has 1 saturated carbocycles. The molecule has 1 aromatic carbocycles. The number of benzene rings is 1. The van der Waals surface area contributed by atoms with Gasteiger partial charge in [-0.2, -0.15) is 9.61 Å². The number of anilines is 2. The number of nitrogens with two attached hydrogens (primary N) is 1. The number of carbonyl (C=O) groups is 2. The Balaban J connectivity index is 1.57. The zero-order valence-electron chi connectivity index (χ0n) is 15.5. The predicted octanol–water partition coefficient (Wildman–Crippen LogP) is 1.66. The Bertz CT molecular complexity index is 1180. The Labute approximate surface area is 166 Å². The van der Waals surface area contributed by atoms with E-state index in [0.717, 1.165) is 29.9 Å². The number of amides is 3. The number of hydrogen-bond acceptors (Lipinski definition) is 6. The molecule has 5 N–H and O–H groups in total. The predicted molar refractivity (Wildman–Crippen MR) is 108 cm³/mol. The summed E-state index contributed by atoms with van der Waals surface area (Å²) >= 11 is 0. The molecule has 0 unspecified atom stereocenters. The Morgan fingerprint density at radius 1 is 1.24 bits per heavy atom. The number of nitrogen functional groups attached to an aromatic ring is 1. The molecule has 0 radical (unpaired) electrons. The molecule has 0 spiro atoms. The molecule has 146 valence electrons. The molecule has 2 aliphatic rings. The first-order valence-corrected chi connectivity index (χ1v) is 9.38. The number of imide groups is 1. The molecule has 2 aromatic heterocycles. The number of hydrogen-bond donors (Lipinski definition) is 4. The average molecular weight is 389 g/mol. The molecular formula is C20H19N7O2. The highest BCUT2D eigenvalue weighted by Gasteiger charge is 2.25. The summed E-state index contributed by atoms with van der Waals surface area (Å²) in [6.07, 6.45) is 6.08. The first kappa shape index (κ1) is 17.2. The summed E-state index contributed by atoms with van der Waals surface area (Å²) in [5.41, 5.74) is 9.94. The lowest BCUT2D eigenvalue weighted by Gasteiger charge is -2.10. The summed E-state index contributed by atoms with van der Waals surface area (Å²) in [7, 11) is 0. The molecular weight excluding hydrogens is 370 g/mol. The molecule has 3 heterocycles. The van der Waals surface area contributed by atoms with Crippen molar-refractivity contribution in [1.82, 2.24) is 25.2 Å². The zero-order chi connectivity index (χ0) is 20.0. The summed E-state index contributed by atoms with van der Waals surface area (Å²) in [6.45, 7) is 0. The smallest absolute Gasteiger partial charge is 0.326 e. The maximum absolute atomic E-state index is 11.9. The van der Waals surface area contributed by atoms with Crippen LogP contribution in [0.15, 0.2) is 42.2 Å². The summed E-state index contributed by atoms with van der Waals surface area (Å²) in [6, 6.07) is 9.59. The van der Waals surface area contributed by atoms with Crippen molar-refractivity contribution in [3.8, 4) is 0 Å². The molecule has 29 heavy (non-hydrogen) atoms. The summed E-state index contributed by atoms with van der Waals surface area (Å²) < 4.78 is 1.72. The molecule has 5 rings (SSSR count). The second-order valence-electron chi connectivity index (χ2n) is 7.27. The molecule has 9 nitrogen and oxygen atoms in total. The molecule has 0 atom stereocenters. The highest BCUT2D eigenvalue weighted by molar-refractivity contribution is 6.14. The molecule has 1 saturated heterocycles. The van der Waals surface area contributed by atoms with Crippen LogP contribution in [0.5, 0.6) is 0 Å². The van der Waals surface area contributed by atoms with E-state index in [9.17, 15) is 9.59 Å². The molecule has 3 amide bonds. The average Bonchev–Trinajstić information content (AvgIpc) is 3.31. The van der Waals surface area contributed by atoms with Crippen molar-refractivity contribution >= 4 is 35.2 Å². The number of nitrogens with zero attached hydrogens (tertiary/aromatic N) is 3. The van der Waals surface area contributed by atoms with Gasteiger partial charge in [0.25, 0.3) is 5.91 Å². The van der Waals surface area contributed by atoms with Gasteiger partial charge >= 0.3 is 6.03 Å². The van der Waals surface area contributed by atoms with Crippen molar-refractivity contribution in [3.63, 3.8) is 0 Å². The van der Waals surface area contributed by atoms with Gasteiger partial charge in [-0.1, -0.05) is 12.1 Å².